The molecule has 96 valence electrons. The summed E-state index contributed by atoms with van der Waals surface area (Å²) in [5.74, 6) is -1.56. The van der Waals surface area contributed by atoms with E-state index in [1.54, 1.807) is 10.6 Å². The zero-order valence-electron chi connectivity index (χ0n) is 10.1. The van der Waals surface area contributed by atoms with Crippen molar-refractivity contribution >= 4 is 11.3 Å². The van der Waals surface area contributed by atoms with Crippen molar-refractivity contribution in [1.29, 1.82) is 0 Å². The Morgan fingerprint density at radius 2 is 1.84 bits per heavy atom. The second kappa shape index (κ2) is 4.01. The maximum Gasteiger partial charge on any atom is 0.170 e. The van der Waals surface area contributed by atoms with E-state index in [0.29, 0.717) is 17.0 Å². The number of pyridine rings is 1. The fraction of sp³-hybridized carbons (Fsp3) is 0.0769. The first-order valence-electron chi connectivity index (χ1n) is 5.62. The van der Waals surface area contributed by atoms with Gasteiger partial charge in [0.05, 0.1) is 0 Å². The predicted octanol–water partition coefficient (Wildman–Crippen LogP) is 2.57. The van der Waals surface area contributed by atoms with E-state index >= 15 is 0 Å². The number of aromatic nitrogens is 3. The molecule has 0 spiro atoms. The van der Waals surface area contributed by atoms with Crippen molar-refractivity contribution in [2.75, 3.05) is 5.73 Å². The topological polar surface area (TPSA) is 56.2 Å². The van der Waals surface area contributed by atoms with Crippen LogP contribution in [0, 0.1) is 18.6 Å². The van der Waals surface area contributed by atoms with Gasteiger partial charge in [-0.2, -0.15) is 0 Å². The molecule has 3 aromatic rings. The Morgan fingerprint density at radius 1 is 1.11 bits per heavy atom. The van der Waals surface area contributed by atoms with Crippen LogP contribution in [0.2, 0.25) is 0 Å². The van der Waals surface area contributed by atoms with Crippen LogP contribution in [-0.4, -0.2) is 14.6 Å². The summed E-state index contributed by atoms with van der Waals surface area (Å²) in [5.41, 5.74) is 7.81. The summed E-state index contributed by atoms with van der Waals surface area (Å²) in [7, 11) is 0. The van der Waals surface area contributed by atoms with E-state index in [1.165, 1.54) is 0 Å². The lowest BCUT2D eigenvalue weighted by Gasteiger charge is -2.05. The number of fused-ring (bicyclic) bond motifs is 1. The maximum absolute atomic E-state index is 13.3. The second-order valence-corrected chi connectivity index (χ2v) is 4.31. The molecule has 0 amide bonds. The monoisotopic (exact) mass is 260 g/mol. The van der Waals surface area contributed by atoms with Gasteiger partial charge >= 0.3 is 0 Å². The molecule has 0 aliphatic carbocycles. The third-order valence-electron chi connectivity index (χ3n) is 2.90. The lowest BCUT2D eigenvalue weighted by atomic mass is 10.1. The van der Waals surface area contributed by atoms with E-state index in [-0.39, 0.29) is 5.69 Å². The zero-order valence-corrected chi connectivity index (χ0v) is 10.1. The molecular formula is C13H10F2N4. The Labute approximate surface area is 107 Å². The molecule has 0 unspecified atom stereocenters. The second-order valence-electron chi connectivity index (χ2n) is 4.31. The summed E-state index contributed by atoms with van der Waals surface area (Å²) < 4.78 is 28.1. The van der Waals surface area contributed by atoms with E-state index in [9.17, 15) is 8.78 Å². The van der Waals surface area contributed by atoms with Crippen LogP contribution in [0.1, 0.15) is 5.56 Å². The number of benzene rings is 1. The molecule has 3 rings (SSSR count). The molecule has 0 saturated carbocycles. The first kappa shape index (κ1) is 11.6. The summed E-state index contributed by atoms with van der Waals surface area (Å²) in [4.78, 5) is 0. The van der Waals surface area contributed by atoms with Crippen molar-refractivity contribution in [3.8, 4) is 11.4 Å². The molecule has 0 bridgehead atoms. The first-order chi connectivity index (χ1) is 9.06. The van der Waals surface area contributed by atoms with Crippen molar-refractivity contribution < 1.29 is 8.78 Å². The van der Waals surface area contributed by atoms with Gasteiger partial charge in [0, 0.05) is 23.5 Å². The molecule has 2 N–H and O–H groups in total. The lowest BCUT2D eigenvalue weighted by molar-refractivity contribution is 0.509. The normalized spacial score (nSPS) is 11.1. The largest absolute Gasteiger partial charge is 0.398 e. The number of nitrogens with zero attached hydrogens (tertiary/aromatic N) is 3. The molecule has 0 radical (unpaired) electrons. The summed E-state index contributed by atoms with van der Waals surface area (Å²) in [6.07, 6.45) is 1.76. The molecule has 0 fully saturated rings. The van der Waals surface area contributed by atoms with Crippen molar-refractivity contribution in [1.82, 2.24) is 14.6 Å². The van der Waals surface area contributed by atoms with Gasteiger partial charge in [-0.3, -0.25) is 4.40 Å². The van der Waals surface area contributed by atoms with Crippen LogP contribution in [0.5, 0.6) is 0 Å². The first-order valence-corrected chi connectivity index (χ1v) is 5.62. The number of nitrogens with two attached hydrogens (primary N) is 1. The Kier molecular flexibility index (Phi) is 2.45. The average molecular weight is 260 g/mol. The molecule has 0 atom stereocenters. The number of anilines is 1. The van der Waals surface area contributed by atoms with Crippen LogP contribution < -0.4 is 5.73 Å². The molecule has 0 aliphatic rings. The molecule has 4 nitrogen and oxygen atoms in total. The van der Waals surface area contributed by atoms with Gasteiger partial charge in [-0.25, -0.2) is 8.78 Å². The third kappa shape index (κ3) is 1.81. The smallest absolute Gasteiger partial charge is 0.170 e. The molecule has 1 aromatic carbocycles. The van der Waals surface area contributed by atoms with E-state index < -0.39 is 11.6 Å². The highest BCUT2D eigenvalue weighted by atomic mass is 19.2. The van der Waals surface area contributed by atoms with Crippen molar-refractivity contribution in [2.45, 2.75) is 6.92 Å². The number of nitrogen functional groups attached to an aromatic ring is 1. The number of halogens is 2. The standard InChI is InChI=1S/C13H10F2N4/c1-7-2-3-19-12(4-7)17-18-13(19)8-5-9(14)10(15)6-11(8)16/h2-6H,16H2,1H3. The van der Waals surface area contributed by atoms with Crippen LogP contribution in [0.25, 0.3) is 17.0 Å². The molecule has 2 heterocycles. The minimum atomic E-state index is -0.981. The van der Waals surface area contributed by atoms with Gasteiger partial charge in [0.2, 0.25) is 0 Å². The highest BCUT2D eigenvalue weighted by molar-refractivity contribution is 5.73. The summed E-state index contributed by atoms with van der Waals surface area (Å²) >= 11 is 0. The SMILES string of the molecule is Cc1ccn2c(-c3cc(F)c(F)cc3N)nnc2c1. The number of aryl methyl sites for hydroxylation is 1. The van der Waals surface area contributed by atoms with Gasteiger partial charge in [-0.05, 0) is 30.7 Å². The predicted molar refractivity (Wildman–Crippen MR) is 67.5 cm³/mol. The minimum absolute atomic E-state index is 0.119. The maximum atomic E-state index is 13.3. The molecule has 2 aromatic heterocycles. The third-order valence-corrected chi connectivity index (χ3v) is 2.90. The number of rotatable bonds is 1. The highest BCUT2D eigenvalue weighted by Gasteiger charge is 2.14. The Balaban J connectivity index is 2.28. The van der Waals surface area contributed by atoms with Gasteiger partial charge in [0.25, 0.3) is 0 Å². The van der Waals surface area contributed by atoms with E-state index in [0.717, 1.165) is 17.7 Å². The van der Waals surface area contributed by atoms with Gasteiger partial charge in [-0.1, -0.05) is 0 Å². The Bertz CT molecular complexity index is 780. The van der Waals surface area contributed by atoms with Crippen LogP contribution in [0.15, 0.2) is 30.5 Å². The zero-order chi connectivity index (χ0) is 13.6. The van der Waals surface area contributed by atoms with E-state index in [4.69, 9.17) is 5.73 Å². The average Bonchev–Trinajstić information content (AvgIpc) is 2.76. The number of hydrogen-bond acceptors (Lipinski definition) is 3. The molecule has 0 aliphatic heterocycles. The molecule has 0 saturated heterocycles. The Hall–Kier alpha value is -2.50. The summed E-state index contributed by atoms with van der Waals surface area (Å²) in [5, 5.41) is 7.97. The lowest BCUT2D eigenvalue weighted by Crippen LogP contribution is -1.98. The van der Waals surface area contributed by atoms with Gasteiger partial charge in [-0.15, -0.1) is 10.2 Å². The fourth-order valence-electron chi connectivity index (χ4n) is 1.93. The Morgan fingerprint density at radius 3 is 2.63 bits per heavy atom. The number of hydrogen-bond donors (Lipinski definition) is 1. The van der Waals surface area contributed by atoms with Crippen molar-refractivity contribution in [2.24, 2.45) is 0 Å². The van der Waals surface area contributed by atoms with Crippen molar-refractivity contribution in [3.63, 3.8) is 0 Å². The quantitative estimate of drug-likeness (QED) is 0.684. The van der Waals surface area contributed by atoms with Crippen LogP contribution in [0.4, 0.5) is 14.5 Å². The minimum Gasteiger partial charge on any atom is -0.398 e. The highest BCUT2D eigenvalue weighted by Crippen LogP contribution is 2.27. The van der Waals surface area contributed by atoms with E-state index in [2.05, 4.69) is 10.2 Å². The fourth-order valence-corrected chi connectivity index (χ4v) is 1.93. The molecule has 19 heavy (non-hydrogen) atoms. The van der Waals surface area contributed by atoms with Gasteiger partial charge in [0.1, 0.15) is 0 Å². The summed E-state index contributed by atoms with van der Waals surface area (Å²) in [6, 6.07) is 5.68. The van der Waals surface area contributed by atoms with E-state index in [1.807, 2.05) is 19.1 Å². The van der Waals surface area contributed by atoms with Crippen LogP contribution in [-0.2, 0) is 0 Å². The molecule has 6 heteroatoms. The van der Waals surface area contributed by atoms with Gasteiger partial charge in [0.15, 0.2) is 23.1 Å². The molecular weight excluding hydrogens is 250 g/mol. The van der Waals surface area contributed by atoms with Crippen LogP contribution in [0.3, 0.4) is 0 Å². The summed E-state index contributed by atoms with van der Waals surface area (Å²) in [6.45, 7) is 1.93. The van der Waals surface area contributed by atoms with Crippen molar-refractivity contribution in [3.05, 3.63) is 47.7 Å². The van der Waals surface area contributed by atoms with Crippen LogP contribution >= 0.6 is 0 Å². The van der Waals surface area contributed by atoms with Gasteiger partial charge < -0.3 is 5.73 Å².